The van der Waals surface area contributed by atoms with Crippen molar-refractivity contribution in [3.8, 4) is 0 Å². The minimum atomic E-state index is 0.335. The number of para-hydroxylation sites is 2. The van der Waals surface area contributed by atoms with E-state index in [1.165, 1.54) is 28.1 Å². The molecule has 0 radical (unpaired) electrons. The Hall–Kier alpha value is -2.74. The molecule has 1 unspecified atom stereocenters. The van der Waals surface area contributed by atoms with Gasteiger partial charge >= 0.3 is 0 Å². The molecule has 1 aliphatic heterocycles. The molecule has 24 heavy (non-hydrogen) atoms. The standard InChI is InChI=1S/C22H22N2/c1-17-8-7-9-18(14-17)16-24-21-13-6-5-12-20(21)23-15-22(24)19-10-3-2-4-11-19/h2-14,22-23H,15-16H2,1H3. The van der Waals surface area contributed by atoms with Gasteiger partial charge in [0.2, 0.25) is 0 Å². The number of rotatable bonds is 3. The second kappa shape index (κ2) is 6.40. The summed E-state index contributed by atoms with van der Waals surface area (Å²) in [5.74, 6) is 0. The summed E-state index contributed by atoms with van der Waals surface area (Å²) in [6, 6.07) is 28.5. The van der Waals surface area contributed by atoms with Crippen LogP contribution in [0.25, 0.3) is 0 Å². The van der Waals surface area contributed by atoms with E-state index in [-0.39, 0.29) is 0 Å². The molecule has 2 nitrogen and oxygen atoms in total. The van der Waals surface area contributed by atoms with E-state index >= 15 is 0 Å². The van der Waals surface area contributed by atoms with Crippen LogP contribution in [-0.4, -0.2) is 6.54 Å². The Labute approximate surface area is 143 Å². The molecule has 1 heterocycles. The highest BCUT2D eigenvalue weighted by atomic mass is 15.2. The molecule has 0 aliphatic carbocycles. The van der Waals surface area contributed by atoms with E-state index < -0.39 is 0 Å². The lowest BCUT2D eigenvalue weighted by Crippen LogP contribution is -2.37. The Morgan fingerprint density at radius 3 is 2.54 bits per heavy atom. The van der Waals surface area contributed by atoms with E-state index in [1.807, 2.05) is 0 Å². The predicted octanol–water partition coefficient (Wildman–Crippen LogP) is 5.17. The van der Waals surface area contributed by atoms with Crippen LogP contribution in [-0.2, 0) is 6.54 Å². The molecule has 0 bridgehead atoms. The number of nitrogens with zero attached hydrogens (tertiary/aromatic N) is 1. The molecule has 3 aromatic carbocycles. The molecule has 120 valence electrons. The summed E-state index contributed by atoms with van der Waals surface area (Å²) >= 11 is 0. The number of hydrogen-bond donors (Lipinski definition) is 1. The van der Waals surface area contributed by atoms with Crippen LogP contribution < -0.4 is 10.2 Å². The van der Waals surface area contributed by atoms with Gasteiger partial charge in [-0.1, -0.05) is 72.3 Å². The molecule has 3 aromatic rings. The van der Waals surface area contributed by atoms with Crippen LogP contribution in [0, 0.1) is 6.92 Å². The quantitative estimate of drug-likeness (QED) is 0.717. The summed E-state index contributed by atoms with van der Waals surface area (Å²) in [6.07, 6.45) is 0. The topological polar surface area (TPSA) is 15.3 Å². The average Bonchev–Trinajstić information content (AvgIpc) is 2.63. The Morgan fingerprint density at radius 2 is 1.71 bits per heavy atom. The van der Waals surface area contributed by atoms with Crippen molar-refractivity contribution in [1.82, 2.24) is 0 Å². The fraction of sp³-hybridized carbons (Fsp3) is 0.182. The molecule has 1 N–H and O–H groups in total. The first-order valence-corrected chi connectivity index (χ1v) is 8.51. The maximum Gasteiger partial charge on any atom is 0.0719 e. The fourth-order valence-corrected chi connectivity index (χ4v) is 3.53. The van der Waals surface area contributed by atoms with Crippen molar-refractivity contribution in [3.05, 3.63) is 95.6 Å². The van der Waals surface area contributed by atoms with Gasteiger partial charge in [0.25, 0.3) is 0 Å². The maximum absolute atomic E-state index is 3.60. The lowest BCUT2D eigenvalue weighted by Gasteiger charge is -2.40. The van der Waals surface area contributed by atoms with E-state index in [2.05, 4.69) is 96.0 Å². The average molecular weight is 314 g/mol. The van der Waals surface area contributed by atoms with Crippen LogP contribution in [0.3, 0.4) is 0 Å². The summed E-state index contributed by atoms with van der Waals surface area (Å²) in [7, 11) is 0. The van der Waals surface area contributed by atoms with E-state index in [1.54, 1.807) is 0 Å². The van der Waals surface area contributed by atoms with Crippen LogP contribution in [0.5, 0.6) is 0 Å². The van der Waals surface area contributed by atoms with Crippen LogP contribution in [0.1, 0.15) is 22.7 Å². The van der Waals surface area contributed by atoms with Crippen molar-refractivity contribution in [2.24, 2.45) is 0 Å². The van der Waals surface area contributed by atoms with Gasteiger partial charge in [0.15, 0.2) is 0 Å². The highest BCUT2D eigenvalue weighted by molar-refractivity contribution is 5.73. The fourth-order valence-electron chi connectivity index (χ4n) is 3.53. The lowest BCUT2D eigenvalue weighted by atomic mass is 9.99. The summed E-state index contributed by atoms with van der Waals surface area (Å²) in [5.41, 5.74) is 6.52. The second-order valence-corrected chi connectivity index (χ2v) is 6.44. The van der Waals surface area contributed by atoms with Gasteiger partial charge in [-0.05, 0) is 30.2 Å². The van der Waals surface area contributed by atoms with Gasteiger partial charge in [-0.3, -0.25) is 0 Å². The Morgan fingerprint density at radius 1 is 0.917 bits per heavy atom. The molecular weight excluding hydrogens is 292 g/mol. The summed E-state index contributed by atoms with van der Waals surface area (Å²) in [5, 5.41) is 3.60. The SMILES string of the molecule is Cc1cccc(CN2c3ccccc3NCC2c2ccccc2)c1. The van der Waals surface area contributed by atoms with Crippen molar-refractivity contribution >= 4 is 11.4 Å². The first-order chi connectivity index (χ1) is 11.8. The number of benzene rings is 3. The Bertz CT molecular complexity index is 826. The van der Waals surface area contributed by atoms with Gasteiger partial charge in [0, 0.05) is 13.1 Å². The van der Waals surface area contributed by atoms with Crippen molar-refractivity contribution in [2.75, 3.05) is 16.8 Å². The van der Waals surface area contributed by atoms with E-state index in [0.717, 1.165) is 13.1 Å². The molecule has 1 aliphatic rings. The molecule has 0 amide bonds. The van der Waals surface area contributed by atoms with Crippen LogP contribution in [0.2, 0.25) is 0 Å². The van der Waals surface area contributed by atoms with E-state index in [4.69, 9.17) is 0 Å². The van der Waals surface area contributed by atoms with Gasteiger partial charge in [-0.25, -0.2) is 0 Å². The van der Waals surface area contributed by atoms with Gasteiger partial charge in [0.05, 0.1) is 17.4 Å². The Balaban J connectivity index is 1.74. The van der Waals surface area contributed by atoms with E-state index in [0.29, 0.717) is 6.04 Å². The predicted molar refractivity (Wildman–Crippen MR) is 101 cm³/mol. The molecule has 0 saturated heterocycles. The number of anilines is 2. The van der Waals surface area contributed by atoms with Gasteiger partial charge in [-0.15, -0.1) is 0 Å². The minimum Gasteiger partial charge on any atom is -0.381 e. The highest BCUT2D eigenvalue weighted by Crippen LogP contribution is 2.38. The molecule has 4 rings (SSSR count). The number of aryl methyl sites for hydroxylation is 1. The maximum atomic E-state index is 3.60. The second-order valence-electron chi connectivity index (χ2n) is 6.44. The van der Waals surface area contributed by atoms with Crippen LogP contribution in [0.15, 0.2) is 78.9 Å². The number of fused-ring (bicyclic) bond motifs is 1. The van der Waals surface area contributed by atoms with Gasteiger partial charge in [0.1, 0.15) is 0 Å². The van der Waals surface area contributed by atoms with Gasteiger partial charge in [-0.2, -0.15) is 0 Å². The summed E-state index contributed by atoms with van der Waals surface area (Å²) in [4.78, 5) is 2.52. The van der Waals surface area contributed by atoms with Crippen molar-refractivity contribution in [2.45, 2.75) is 19.5 Å². The third kappa shape index (κ3) is 2.88. The van der Waals surface area contributed by atoms with E-state index in [9.17, 15) is 0 Å². The van der Waals surface area contributed by atoms with Crippen LogP contribution in [0.4, 0.5) is 11.4 Å². The van der Waals surface area contributed by atoms with Crippen molar-refractivity contribution in [1.29, 1.82) is 0 Å². The molecule has 0 fully saturated rings. The normalized spacial score (nSPS) is 16.4. The van der Waals surface area contributed by atoms with Crippen LogP contribution >= 0.6 is 0 Å². The molecular formula is C22H22N2. The third-order valence-electron chi connectivity index (χ3n) is 4.70. The zero-order valence-corrected chi connectivity index (χ0v) is 13.9. The molecule has 0 saturated carbocycles. The lowest BCUT2D eigenvalue weighted by molar-refractivity contribution is 0.628. The van der Waals surface area contributed by atoms with Crippen molar-refractivity contribution in [3.63, 3.8) is 0 Å². The minimum absolute atomic E-state index is 0.335. The summed E-state index contributed by atoms with van der Waals surface area (Å²) in [6.45, 7) is 4.00. The van der Waals surface area contributed by atoms with Gasteiger partial charge < -0.3 is 10.2 Å². The number of hydrogen-bond acceptors (Lipinski definition) is 2. The monoisotopic (exact) mass is 314 g/mol. The highest BCUT2D eigenvalue weighted by Gasteiger charge is 2.27. The number of nitrogens with one attached hydrogen (secondary N) is 1. The zero-order valence-electron chi connectivity index (χ0n) is 13.9. The molecule has 2 heteroatoms. The zero-order chi connectivity index (χ0) is 16.4. The summed E-state index contributed by atoms with van der Waals surface area (Å²) < 4.78 is 0. The largest absolute Gasteiger partial charge is 0.381 e. The molecule has 0 spiro atoms. The third-order valence-corrected chi connectivity index (χ3v) is 4.70. The smallest absolute Gasteiger partial charge is 0.0719 e. The Kier molecular flexibility index (Phi) is 3.96. The molecule has 1 atom stereocenters. The first kappa shape index (κ1) is 14.8. The first-order valence-electron chi connectivity index (χ1n) is 8.51. The molecule has 0 aromatic heterocycles. The van der Waals surface area contributed by atoms with Crippen molar-refractivity contribution < 1.29 is 0 Å².